The van der Waals surface area contributed by atoms with Crippen LogP contribution in [0.15, 0.2) is 42.6 Å². The average Bonchev–Trinajstić information content (AvgIpc) is 3.28. The van der Waals surface area contributed by atoms with Crippen LogP contribution in [0, 0.1) is 5.92 Å². The van der Waals surface area contributed by atoms with E-state index < -0.39 is 6.04 Å². The van der Waals surface area contributed by atoms with E-state index in [-0.39, 0.29) is 17.9 Å². The van der Waals surface area contributed by atoms with Crippen LogP contribution in [0.2, 0.25) is 0 Å². The molecular formula is C27H34N4O4. The number of hydrogen-bond acceptors (Lipinski definition) is 4. The summed E-state index contributed by atoms with van der Waals surface area (Å²) in [6.45, 7) is 5.40. The van der Waals surface area contributed by atoms with E-state index in [0.717, 1.165) is 27.6 Å². The van der Waals surface area contributed by atoms with E-state index in [1.807, 2.05) is 50.4 Å². The summed E-state index contributed by atoms with van der Waals surface area (Å²) in [6.07, 6.45) is 3.41. The lowest BCUT2D eigenvalue weighted by atomic mass is 9.99. The number of nitrogens with one attached hydrogen (secondary N) is 3. The number of carbonyl (C=O) groups is 2. The molecule has 1 aliphatic heterocycles. The van der Waals surface area contributed by atoms with Crippen molar-refractivity contribution in [2.24, 2.45) is 5.92 Å². The van der Waals surface area contributed by atoms with Crippen LogP contribution in [0.1, 0.15) is 30.5 Å². The zero-order valence-electron chi connectivity index (χ0n) is 20.8. The maximum absolute atomic E-state index is 13.1. The number of nitrogens with zero attached hydrogens (tertiary/aromatic N) is 1. The fourth-order valence-electron chi connectivity index (χ4n) is 4.58. The molecule has 3 aromatic rings. The van der Waals surface area contributed by atoms with Gasteiger partial charge in [-0.1, -0.05) is 32.0 Å². The van der Waals surface area contributed by atoms with Crippen molar-refractivity contribution >= 4 is 22.8 Å². The Hall–Kier alpha value is -3.68. The molecule has 0 bridgehead atoms. The van der Waals surface area contributed by atoms with Gasteiger partial charge in [0, 0.05) is 36.7 Å². The van der Waals surface area contributed by atoms with Gasteiger partial charge >= 0.3 is 6.03 Å². The highest BCUT2D eigenvalue weighted by Gasteiger charge is 2.28. The second-order valence-corrected chi connectivity index (χ2v) is 9.22. The molecule has 0 spiro atoms. The number of aromatic nitrogens is 1. The normalized spacial score (nSPS) is 13.9. The highest BCUT2D eigenvalue weighted by molar-refractivity contribution is 5.87. The van der Waals surface area contributed by atoms with Gasteiger partial charge in [0.05, 0.1) is 14.2 Å². The Morgan fingerprint density at radius 2 is 1.80 bits per heavy atom. The van der Waals surface area contributed by atoms with Gasteiger partial charge in [-0.3, -0.25) is 4.79 Å². The maximum atomic E-state index is 13.1. The number of hydrogen-bond donors (Lipinski definition) is 3. The summed E-state index contributed by atoms with van der Waals surface area (Å²) < 4.78 is 10.8. The number of urea groups is 1. The van der Waals surface area contributed by atoms with Gasteiger partial charge in [0.2, 0.25) is 5.91 Å². The van der Waals surface area contributed by atoms with Gasteiger partial charge in [-0.2, -0.15) is 0 Å². The second kappa shape index (κ2) is 10.7. The molecule has 0 aliphatic carbocycles. The van der Waals surface area contributed by atoms with E-state index in [0.29, 0.717) is 44.0 Å². The highest BCUT2D eigenvalue weighted by Crippen LogP contribution is 2.33. The van der Waals surface area contributed by atoms with Crippen molar-refractivity contribution in [1.29, 1.82) is 0 Å². The third kappa shape index (κ3) is 5.37. The van der Waals surface area contributed by atoms with Crippen molar-refractivity contribution in [3.05, 3.63) is 59.3 Å². The number of carbonyl (C=O) groups excluding carboxylic acids is 2. The third-order valence-electron chi connectivity index (χ3n) is 6.60. The zero-order valence-corrected chi connectivity index (χ0v) is 20.8. The van der Waals surface area contributed by atoms with E-state index in [2.05, 4.69) is 21.7 Å². The molecule has 0 saturated heterocycles. The number of benzene rings is 2. The van der Waals surface area contributed by atoms with Crippen molar-refractivity contribution in [2.45, 2.75) is 39.3 Å². The van der Waals surface area contributed by atoms with E-state index in [1.165, 1.54) is 0 Å². The lowest BCUT2D eigenvalue weighted by Gasteiger charge is -2.32. The molecule has 3 N–H and O–H groups in total. The number of H-pyrrole nitrogens is 1. The molecule has 0 fully saturated rings. The lowest BCUT2D eigenvalue weighted by molar-refractivity contribution is -0.123. The van der Waals surface area contributed by atoms with Gasteiger partial charge in [0.1, 0.15) is 6.04 Å². The Bertz CT molecular complexity index is 1200. The minimum Gasteiger partial charge on any atom is -0.493 e. The van der Waals surface area contributed by atoms with Gasteiger partial charge < -0.3 is 30.0 Å². The Kier molecular flexibility index (Phi) is 7.48. The second-order valence-electron chi connectivity index (χ2n) is 9.22. The molecule has 1 unspecified atom stereocenters. The van der Waals surface area contributed by atoms with Crippen LogP contribution in [0.25, 0.3) is 10.9 Å². The smallest absolute Gasteiger partial charge is 0.318 e. The van der Waals surface area contributed by atoms with Gasteiger partial charge in [-0.25, -0.2) is 4.79 Å². The van der Waals surface area contributed by atoms with Gasteiger partial charge in [0.15, 0.2) is 11.5 Å². The first-order valence-electron chi connectivity index (χ1n) is 12.0. The molecule has 3 amide bonds. The van der Waals surface area contributed by atoms with E-state index in [9.17, 15) is 9.59 Å². The highest BCUT2D eigenvalue weighted by atomic mass is 16.5. The zero-order chi connectivity index (χ0) is 24.9. The Labute approximate surface area is 206 Å². The molecule has 1 atom stereocenters. The van der Waals surface area contributed by atoms with E-state index >= 15 is 0 Å². The topological polar surface area (TPSA) is 95.7 Å². The van der Waals surface area contributed by atoms with Crippen molar-refractivity contribution < 1.29 is 19.1 Å². The fraction of sp³-hybridized carbons (Fsp3) is 0.407. The van der Waals surface area contributed by atoms with Gasteiger partial charge in [-0.15, -0.1) is 0 Å². The summed E-state index contributed by atoms with van der Waals surface area (Å²) in [6, 6.07) is 11.2. The van der Waals surface area contributed by atoms with E-state index in [1.54, 1.807) is 19.1 Å². The van der Waals surface area contributed by atoms with Crippen LogP contribution >= 0.6 is 0 Å². The fourth-order valence-corrected chi connectivity index (χ4v) is 4.58. The minimum atomic E-state index is -0.614. The molecule has 8 nitrogen and oxygen atoms in total. The van der Waals surface area contributed by atoms with Gasteiger partial charge in [-0.05, 0) is 53.6 Å². The molecule has 2 aromatic carbocycles. The van der Waals surface area contributed by atoms with Crippen molar-refractivity contribution in [2.75, 3.05) is 27.3 Å². The molecule has 35 heavy (non-hydrogen) atoms. The Morgan fingerprint density at radius 1 is 1.09 bits per heavy atom. The van der Waals surface area contributed by atoms with Crippen LogP contribution in [0.5, 0.6) is 11.5 Å². The molecule has 0 radical (unpaired) electrons. The van der Waals surface area contributed by atoms with Crippen LogP contribution in [0.3, 0.4) is 0 Å². The first-order valence-corrected chi connectivity index (χ1v) is 12.0. The first kappa shape index (κ1) is 24.4. The Balaban J connectivity index is 1.35. The van der Waals surface area contributed by atoms with E-state index in [4.69, 9.17) is 9.47 Å². The number of aromatic amines is 1. The maximum Gasteiger partial charge on any atom is 0.318 e. The van der Waals surface area contributed by atoms with Crippen molar-refractivity contribution in [3.8, 4) is 11.5 Å². The molecule has 4 rings (SSSR count). The van der Waals surface area contributed by atoms with Crippen molar-refractivity contribution in [3.63, 3.8) is 0 Å². The lowest BCUT2D eigenvalue weighted by Crippen LogP contribution is -2.54. The molecule has 1 aliphatic rings. The molecule has 186 valence electrons. The van der Waals surface area contributed by atoms with Crippen molar-refractivity contribution in [1.82, 2.24) is 20.5 Å². The third-order valence-corrected chi connectivity index (χ3v) is 6.60. The number of amides is 3. The number of para-hydroxylation sites is 1. The number of rotatable bonds is 8. The minimum absolute atomic E-state index is 0.0477. The molecule has 1 aromatic heterocycles. The summed E-state index contributed by atoms with van der Waals surface area (Å²) >= 11 is 0. The quantitative estimate of drug-likeness (QED) is 0.461. The summed E-state index contributed by atoms with van der Waals surface area (Å²) in [5.74, 6) is 1.11. The summed E-state index contributed by atoms with van der Waals surface area (Å²) in [5.41, 5.74) is 4.40. The van der Waals surface area contributed by atoms with Crippen LogP contribution in [0.4, 0.5) is 4.79 Å². The SMILES string of the molecule is COc1cc2c(cc1OC)CN(C(=O)NC(C(=O)NCCc1c[nH]c3ccccc13)C(C)C)CC2. The number of methoxy groups -OCH3 is 2. The predicted octanol–water partition coefficient (Wildman–Crippen LogP) is 3.64. The standard InChI is InChI=1S/C27H34N4O4/c1-17(2)25(26(32)28-11-9-19-15-29-22-8-6-5-7-21(19)22)30-27(33)31-12-10-18-13-23(34-3)24(35-4)14-20(18)16-31/h5-8,13-15,17,25,29H,9-12,16H2,1-4H3,(H,28,32)(H,30,33). The Morgan fingerprint density at radius 3 is 2.51 bits per heavy atom. The number of ether oxygens (including phenoxy) is 2. The molecular weight excluding hydrogens is 444 g/mol. The first-order chi connectivity index (χ1) is 16.9. The molecule has 2 heterocycles. The number of fused-ring (bicyclic) bond motifs is 2. The summed E-state index contributed by atoms with van der Waals surface area (Å²) in [4.78, 5) is 31.1. The summed E-state index contributed by atoms with van der Waals surface area (Å²) in [5, 5.41) is 7.12. The predicted molar refractivity (Wildman–Crippen MR) is 136 cm³/mol. The molecule has 0 saturated carbocycles. The average molecular weight is 479 g/mol. The van der Waals surface area contributed by atoms with Crippen LogP contribution in [-0.4, -0.2) is 55.2 Å². The largest absolute Gasteiger partial charge is 0.493 e. The summed E-state index contributed by atoms with van der Waals surface area (Å²) in [7, 11) is 3.21. The molecule has 8 heteroatoms. The van der Waals surface area contributed by atoms with Crippen LogP contribution < -0.4 is 20.1 Å². The van der Waals surface area contributed by atoms with Gasteiger partial charge in [0.25, 0.3) is 0 Å². The van der Waals surface area contributed by atoms with Crippen LogP contribution in [-0.2, 0) is 24.2 Å². The monoisotopic (exact) mass is 478 g/mol.